The minimum Gasteiger partial charge on any atom is -0.504 e. The Hall–Kier alpha value is -3.63. The minimum atomic E-state index is -0.529. The van der Waals surface area contributed by atoms with Gasteiger partial charge in [-0.25, -0.2) is 4.68 Å². The van der Waals surface area contributed by atoms with Gasteiger partial charge in [-0.1, -0.05) is 41.6 Å². The van der Waals surface area contributed by atoms with E-state index in [4.69, 9.17) is 16.0 Å². The third kappa shape index (κ3) is 4.82. The van der Waals surface area contributed by atoms with Gasteiger partial charge in [0.25, 0.3) is 0 Å². The first-order chi connectivity index (χ1) is 15.4. The van der Waals surface area contributed by atoms with E-state index >= 15 is 0 Å². The molecule has 0 fully saturated rings. The van der Waals surface area contributed by atoms with Crippen LogP contribution in [0.3, 0.4) is 0 Å². The maximum absolute atomic E-state index is 11.6. The number of halogens is 1. The zero-order chi connectivity index (χ0) is 22.7. The Bertz CT molecular complexity index is 1320. The van der Waals surface area contributed by atoms with Crippen molar-refractivity contribution in [1.82, 2.24) is 14.9 Å². The number of nitrogens with one attached hydrogen (secondary N) is 1. The number of phenolic OH excluding ortho intramolecular Hbond substituents is 2. The highest BCUT2D eigenvalue weighted by atomic mass is 35.5. The number of hydrogen-bond donors (Lipinski definition) is 4. The number of benzene rings is 2. The van der Waals surface area contributed by atoms with Crippen LogP contribution in [0.15, 0.2) is 69.2 Å². The van der Waals surface area contributed by atoms with Crippen molar-refractivity contribution in [3.05, 3.63) is 81.4 Å². The lowest BCUT2D eigenvalue weighted by molar-refractivity contribution is 0.403. The van der Waals surface area contributed by atoms with E-state index in [9.17, 15) is 20.1 Å². The van der Waals surface area contributed by atoms with Crippen LogP contribution in [0.4, 0.5) is 0 Å². The standard InChI is InChI=1S/C21H17ClN4O5S/c22-14-3-1-2-13(7-14)20-24-25-21(32-11-15-8-18(29)19(30)10-31-15)26(20)23-9-12-4-5-16(27)17(28)6-12/h1-8,10,23,27-28,30H,9,11H2. The molecule has 0 saturated heterocycles. The van der Waals surface area contributed by atoms with E-state index < -0.39 is 11.2 Å². The largest absolute Gasteiger partial charge is 0.504 e. The van der Waals surface area contributed by atoms with Crippen LogP contribution >= 0.6 is 23.4 Å². The SMILES string of the molecule is O=c1cc(CSc2nnc(-c3cccc(Cl)c3)n2NCc2ccc(O)c(O)c2)occ1O. The molecule has 0 unspecified atom stereocenters. The van der Waals surface area contributed by atoms with Crippen molar-refractivity contribution in [2.75, 3.05) is 5.43 Å². The second kappa shape index (κ2) is 9.25. The average Bonchev–Trinajstić information content (AvgIpc) is 3.18. The van der Waals surface area contributed by atoms with Gasteiger partial charge in [-0.05, 0) is 29.8 Å². The molecule has 2 heterocycles. The summed E-state index contributed by atoms with van der Waals surface area (Å²) < 4.78 is 6.91. The van der Waals surface area contributed by atoms with Crippen LogP contribution in [-0.2, 0) is 12.3 Å². The van der Waals surface area contributed by atoms with E-state index in [2.05, 4.69) is 15.6 Å². The molecule has 0 radical (unpaired) electrons. The Morgan fingerprint density at radius 1 is 1.03 bits per heavy atom. The van der Waals surface area contributed by atoms with Crippen molar-refractivity contribution < 1.29 is 19.7 Å². The molecule has 4 N–H and O–H groups in total. The molecular weight excluding hydrogens is 456 g/mol. The van der Waals surface area contributed by atoms with Gasteiger partial charge >= 0.3 is 0 Å². The van der Waals surface area contributed by atoms with Crippen molar-refractivity contribution in [3.63, 3.8) is 0 Å². The third-order valence-electron chi connectivity index (χ3n) is 4.41. The number of aromatic hydroxyl groups is 3. The molecular formula is C21H17ClN4O5S. The molecule has 2 aromatic heterocycles. The lowest BCUT2D eigenvalue weighted by Gasteiger charge is -2.13. The van der Waals surface area contributed by atoms with Gasteiger partial charge in [0, 0.05) is 16.7 Å². The number of phenols is 2. The lowest BCUT2D eigenvalue weighted by atomic mass is 10.2. The molecule has 9 nitrogen and oxygen atoms in total. The van der Waals surface area contributed by atoms with Crippen molar-refractivity contribution in [2.24, 2.45) is 0 Å². The number of nitrogens with zero attached hydrogens (tertiary/aromatic N) is 3. The van der Waals surface area contributed by atoms with Crippen LogP contribution in [0.5, 0.6) is 17.2 Å². The molecule has 4 rings (SSSR count). The summed E-state index contributed by atoms with van der Waals surface area (Å²) in [6.07, 6.45) is 0.996. The van der Waals surface area contributed by atoms with Gasteiger partial charge in [-0.15, -0.1) is 10.2 Å². The first-order valence-electron chi connectivity index (χ1n) is 9.30. The second-order valence-electron chi connectivity index (χ2n) is 6.69. The Morgan fingerprint density at radius 3 is 2.62 bits per heavy atom. The van der Waals surface area contributed by atoms with Gasteiger partial charge in [0.15, 0.2) is 23.1 Å². The molecule has 2 aromatic carbocycles. The number of rotatable bonds is 7. The quantitative estimate of drug-likeness (QED) is 0.234. The molecule has 11 heteroatoms. The summed E-state index contributed by atoms with van der Waals surface area (Å²) >= 11 is 7.40. The van der Waals surface area contributed by atoms with Crippen LogP contribution in [0.1, 0.15) is 11.3 Å². The summed E-state index contributed by atoms with van der Waals surface area (Å²) in [4.78, 5) is 11.6. The van der Waals surface area contributed by atoms with Crippen LogP contribution in [0.2, 0.25) is 5.02 Å². The maximum atomic E-state index is 11.6. The summed E-state index contributed by atoms with van der Waals surface area (Å²) in [6.45, 7) is 0.293. The molecule has 0 amide bonds. The summed E-state index contributed by atoms with van der Waals surface area (Å²) in [6, 6.07) is 12.9. The molecule has 32 heavy (non-hydrogen) atoms. The summed E-state index contributed by atoms with van der Waals surface area (Å²) in [5, 5.41) is 38.1. The Morgan fingerprint density at radius 2 is 1.88 bits per heavy atom. The zero-order valence-electron chi connectivity index (χ0n) is 16.4. The Labute approximate surface area is 190 Å². The Balaban J connectivity index is 1.62. The summed E-state index contributed by atoms with van der Waals surface area (Å²) in [5.41, 5.74) is 4.12. The van der Waals surface area contributed by atoms with Gasteiger partial charge in [-0.2, -0.15) is 0 Å². The molecule has 0 bridgehead atoms. The fourth-order valence-electron chi connectivity index (χ4n) is 2.82. The van der Waals surface area contributed by atoms with Gasteiger partial charge < -0.3 is 25.2 Å². The van der Waals surface area contributed by atoms with Crippen molar-refractivity contribution >= 4 is 23.4 Å². The van der Waals surface area contributed by atoms with Gasteiger partial charge in [0.2, 0.25) is 10.6 Å². The first kappa shape index (κ1) is 21.6. The predicted molar refractivity (Wildman–Crippen MR) is 120 cm³/mol. The highest BCUT2D eigenvalue weighted by Crippen LogP contribution is 2.28. The van der Waals surface area contributed by atoms with E-state index in [0.717, 1.165) is 11.8 Å². The highest BCUT2D eigenvalue weighted by molar-refractivity contribution is 7.98. The molecule has 0 atom stereocenters. The van der Waals surface area contributed by atoms with Gasteiger partial charge in [0.1, 0.15) is 12.0 Å². The molecule has 4 aromatic rings. The average molecular weight is 473 g/mol. The Kier molecular flexibility index (Phi) is 6.24. The third-order valence-corrected chi connectivity index (χ3v) is 5.59. The lowest BCUT2D eigenvalue weighted by Crippen LogP contribution is -2.17. The van der Waals surface area contributed by atoms with Crippen molar-refractivity contribution in [2.45, 2.75) is 17.5 Å². The topological polar surface area (TPSA) is 134 Å². The molecule has 0 aliphatic rings. The van der Waals surface area contributed by atoms with Gasteiger partial charge in [0.05, 0.1) is 12.3 Å². The smallest absolute Gasteiger partial charge is 0.226 e. The fraction of sp³-hybridized carbons (Fsp3) is 0.0952. The molecule has 164 valence electrons. The second-order valence-corrected chi connectivity index (χ2v) is 8.07. The molecule has 0 saturated carbocycles. The van der Waals surface area contributed by atoms with E-state index in [0.29, 0.717) is 33.9 Å². The predicted octanol–water partition coefficient (Wildman–Crippen LogP) is 3.70. The van der Waals surface area contributed by atoms with Crippen molar-refractivity contribution in [1.29, 1.82) is 0 Å². The summed E-state index contributed by atoms with van der Waals surface area (Å²) in [5.74, 6) is 0.254. The number of thioether (sulfide) groups is 1. The van der Waals surface area contributed by atoms with E-state index in [-0.39, 0.29) is 17.3 Å². The normalized spacial score (nSPS) is 10.9. The monoisotopic (exact) mass is 472 g/mol. The minimum absolute atomic E-state index is 0.204. The van der Waals surface area contributed by atoms with Crippen LogP contribution in [0, 0.1) is 0 Å². The highest BCUT2D eigenvalue weighted by Gasteiger charge is 2.16. The molecule has 0 spiro atoms. The van der Waals surface area contributed by atoms with Crippen LogP contribution < -0.4 is 10.9 Å². The van der Waals surface area contributed by atoms with E-state index in [1.165, 1.54) is 30.0 Å². The van der Waals surface area contributed by atoms with E-state index in [1.54, 1.807) is 28.9 Å². The summed E-state index contributed by atoms with van der Waals surface area (Å²) in [7, 11) is 0. The molecule has 0 aliphatic carbocycles. The van der Waals surface area contributed by atoms with Crippen LogP contribution in [-0.4, -0.2) is 30.2 Å². The first-order valence-corrected chi connectivity index (χ1v) is 10.7. The maximum Gasteiger partial charge on any atom is 0.226 e. The van der Waals surface area contributed by atoms with Crippen LogP contribution in [0.25, 0.3) is 11.4 Å². The number of aromatic nitrogens is 3. The van der Waals surface area contributed by atoms with Crippen molar-refractivity contribution in [3.8, 4) is 28.6 Å². The number of hydrogen-bond acceptors (Lipinski definition) is 9. The molecule has 0 aliphatic heterocycles. The van der Waals surface area contributed by atoms with Gasteiger partial charge in [-0.3, -0.25) is 4.79 Å². The van der Waals surface area contributed by atoms with E-state index in [1.807, 2.05) is 6.07 Å². The zero-order valence-corrected chi connectivity index (χ0v) is 18.0. The fourth-order valence-corrected chi connectivity index (χ4v) is 3.82.